The molecule has 0 aliphatic heterocycles. The summed E-state index contributed by atoms with van der Waals surface area (Å²) in [6.45, 7) is 2.33. The molecule has 8 heteroatoms. The molecule has 4 nitrogen and oxygen atoms in total. The van der Waals surface area contributed by atoms with Gasteiger partial charge in [-0.05, 0) is 24.6 Å². The topological polar surface area (TPSA) is 51.2 Å². The molecule has 0 bridgehead atoms. The molecule has 0 spiro atoms. The van der Waals surface area contributed by atoms with E-state index in [1.54, 1.807) is 31.2 Å². The summed E-state index contributed by atoms with van der Waals surface area (Å²) >= 11 is 0.552. The second-order valence-electron chi connectivity index (χ2n) is 4.30. The van der Waals surface area contributed by atoms with Crippen molar-refractivity contribution in [2.75, 3.05) is 11.9 Å². The number of anilines is 1. The third kappa shape index (κ3) is 4.20. The van der Waals surface area contributed by atoms with Crippen molar-refractivity contribution in [3.63, 3.8) is 0 Å². The SMILES string of the molecule is CCOC(=O)c1ccc(CNc2ncc(C(F)(F)F)s2)cc1. The summed E-state index contributed by atoms with van der Waals surface area (Å²) in [5.41, 5.74) is 1.25. The Labute approximate surface area is 128 Å². The third-order valence-electron chi connectivity index (χ3n) is 2.69. The molecule has 1 heterocycles. The molecule has 0 amide bonds. The molecule has 2 rings (SSSR count). The lowest BCUT2D eigenvalue weighted by Gasteiger charge is -2.05. The average Bonchev–Trinajstić information content (AvgIpc) is 2.95. The first-order valence-electron chi connectivity index (χ1n) is 6.43. The van der Waals surface area contributed by atoms with E-state index in [2.05, 4.69) is 10.3 Å². The minimum absolute atomic E-state index is 0.196. The van der Waals surface area contributed by atoms with Crippen LogP contribution in [0.4, 0.5) is 18.3 Å². The molecular formula is C14H13F3N2O2S. The number of carbonyl (C=O) groups is 1. The highest BCUT2D eigenvalue weighted by Crippen LogP contribution is 2.35. The molecule has 118 valence electrons. The van der Waals surface area contributed by atoms with Crippen LogP contribution in [-0.4, -0.2) is 17.6 Å². The maximum absolute atomic E-state index is 12.4. The monoisotopic (exact) mass is 330 g/mol. The van der Waals surface area contributed by atoms with E-state index in [1.165, 1.54) is 0 Å². The molecule has 1 N–H and O–H groups in total. The summed E-state index contributed by atoms with van der Waals surface area (Å²) in [4.78, 5) is 14.4. The predicted octanol–water partition coefficient (Wildman–Crippen LogP) is 3.95. The molecule has 1 aromatic heterocycles. The van der Waals surface area contributed by atoms with Gasteiger partial charge in [-0.2, -0.15) is 13.2 Å². The van der Waals surface area contributed by atoms with Crippen molar-refractivity contribution in [1.82, 2.24) is 4.98 Å². The zero-order valence-corrected chi connectivity index (χ0v) is 12.4. The van der Waals surface area contributed by atoms with Gasteiger partial charge < -0.3 is 10.1 Å². The largest absolute Gasteiger partial charge is 0.462 e. The number of hydrogen-bond acceptors (Lipinski definition) is 5. The highest BCUT2D eigenvalue weighted by molar-refractivity contribution is 7.15. The van der Waals surface area contributed by atoms with Crippen LogP contribution in [0.2, 0.25) is 0 Å². The van der Waals surface area contributed by atoms with E-state index >= 15 is 0 Å². The first-order valence-corrected chi connectivity index (χ1v) is 7.24. The van der Waals surface area contributed by atoms with Crippen LogP contribution >= 0.6 is 11.3 Å². The van der Waals surface area contributed by atoms with Gasteiger partial charge in [0.1, 0.15) is 4.88 Å². The van der Waals surface area contributed by atoms with E-state index in [0.717, 1.165) is 11.8 Å². The molecule has 1 aromatic carbocycles. The van der Waals surface area contributed by atoms with Crippen LogP contribution in [0.15, 0.2) is 30.5 Å². The summed E-state index contributed by atoms with van der Waals surface area (Å²) in [6.07, 6.45) is -3.57. The molecule has 0 radical (unpaired) electrons. The van der Waals surface area contributed by atoms with Gasteiger partial charge in [-0.3, -0.25) is 0 Å². The summed E-state index contributed by atoms with van der Waals surface area (Å²) < 4.78 is 42.2. The van der Waals surface area contributed by atoms with E-state index in [4.69, 9.17) is 4.74 Å². The van der Waals surface area contributed by atoms with Crippen LogP contribution in [0, 0.1) is 0 Å². The summed E-state index contributed by atoms with van der Waals surface area (Å²) in [7, 11) is 0. The van der Waals surface area contributed by atoms with Crippen molar-refractivity contribution in [2.45, 2.75) is 19.6 Å². The number of hydrogen-bond donors (Lipinski definition) is 1. The standard InChI is InChI=1S/C14H13F3N2O2S/c1-2-21-12(20)10-5-3-9(4-6-10)7-18-13-19-8-11(22-13)14(15,16)17/h3-6,8H,2,7H2,1H3,(H,18,19). The number of nitrogens with one attached hydrogen (secondary N) is 1. The lowest BCUT2D eigenvalue weighted by Crippen LogP contribution is -2.05. The van der Waals surface area contributed by atoms with Gasteiger partial charge in [-0.1, -0.05) is 23.5 Å². The molecule has 22 heavy (non-hydrogen) atoms. The van der Waals surface area contributed by atoms with Crippen molar-refractivity contribution in [2.24, 2.45) is 0 Å². The van der Waals surface area contributed by atoms with Gasteiger partial charge in [0.05, 0.1) is 18.4 Å². The van der Waals surface area contributed by atoms with Gasteiger partial charge in [0.2, 0.25) is 0 Å². The molecule has 2 aromatic rings. The highest BCUT2D eigenvalue weighted by atomic mass is 32.1. The number of ether oxygens (including phenoxy) is 1. The molecular weight excluding hydrogens is 317 g/mol. The summed E-state index contributed by atoms with van der Waals surface area (Å²) in [5.74, 6) is -0.406. The first-order chi connectivity index (χ1) is 10.4. The van der Waals surface area contributed by atoms with Crippen molar-refractivity contribution in [1.29, 1.82) is 0 Å². The maximum Gasteiger partial charge on any atom is 0.427 e. The fraction of sp³-hybridized carbons (Fsp3) is 0.286. The predicted molar refractivity (Wildman–Crippen MR) is 76.8 cm³/mol. The molecule has 0 fully saturated rings. The van der Waals surface area contributed by atoms with Gasteiger partial charge in [0.25, 0.3) is 0 Å². The minimum atomic E-state index is -4.38. The van der Waals surface area contributed by atoms with Crippen LogP contribution in [0.25, 0.3) is 0 Å². The highest BCUT2D eigenvalue weighted by Gasteiger charge is 2.33. The second kappa shape index (κ2) is 6.78. The summed E-state index contributed by atoms with van der Waals surface area (Å²) in [5, 5.41) is 3.01. The van der Waals surface area contributed by atoms with Gasteiger partial charge in [0.15, 0.2) is 5.13 Å². The Morgan fingerprint density at radius 1 is 1.32 bits per heavy atom. The Morgan fingerprint density at radius 2 is 2.00 bits per heavy atom. The lowest BCUT2D eigenvalue weighted by molar-refractivity contribution is -0.134. The van der Waals surface area contributed by atoms with Crippen molar-refractivity contribution >= 4 is 22.4 Å². The Hall–Kier alpha value is -2.09. The molecule has 0 aliphatic carbocycles. The number of esters is 1. The quantitative estimate of drug-likeness (QED) is 0.844. The average molecular weight is 330 g/mol. The van der Waals surface area contributed by atoms with Crippen LogP contribution in [-0.2, 0) is 17.5 Å². The van der Waals surface area contributed by atoms with Gasteiger partial charge in [-0.15, -0.1) is 0 Å². The molecule has 0 saturated heterocycles. The molecule has 0 unspecified atom stereocenters. The van der Waals surface area contributed by atoms with E-state index < -0.39 is 17.0 Å². The van der Waals surface area contributed by atoms with Crippen molar-refractivity contribution < 1.29 is 22.7 Å². The maximum atomic E-state index is 12.4. The number of halogens is 3. The number of alkyl halides is 3. The Kier molecular flexibility index (Phi) is 5.02. The molecule has 0 saturated carbocycles. The van der Waals surface area contributed by atoms with Crippen LogP contribution in [0.1, 0.15) is 27.7 Å². The van der Waals surface area contributed by atoms with Gasteiger partial charge >= 0.3 is 12.1 Å². The normalized spacial score (nSPS) is 11.3. The number of nitrogens with zero attached hydrogens (tertiary/aromatic N) is 1. The van der Waals surface area contributed by atoms with Crippen LogP contribution < -0.4 is 5.32 Å². The second-order valence-corrected chi connectivity index (χ2v) is 5.33. The number of benzene rings is 1. The lowest BCUT2D eigenvalue weighted by atomic mass is 10.1. The zero-order valence-electron chi connectivity index (χ0n) is 11.6. The Bertz CT molecular complexity index is 638. The smallest absolute Gasteiger partial charge is 0.427 e. The Balaban J connectivity index is 1.94. The van der Waals surface area contributed by atoms with Gasteiger partial charge in [0, 0.05) is 6.54 Å². The minimum Gasteiger partial charge on any atom is -0.462 e. The van der Waals surface area contributed by atoms with E-state index in [-0.39, 0.29) is 5.13 Å². The number of carbonyl (C=O) groups excluding carboxylic acids is 1. The Morgan fingerprint density at radius 3 is 2.55 bits per heavy atom. The third-order valence-corrected chi connectivity index (χ3v) is 3.69. The van der Waals surface area contributed by atoms with Crippen LogP contribution in [0.5, 0.6) is 0 Å². The summed E-state index contributed by atoms with van der Waals surface area (Å²) in [6, 6.07) is 6.63. The van der Waals surface area contributed by atoms with Crippen LogP contribution in [0.3, 0.4) is 0 Å². The molecule has 0 atom stereocenters. The zero-order chi connectivity index (χ0) is 16.2. The van der Waals surface area contributed by atoms with E-state index in [1.807, 2.05) is 0 Å². The molecule has 0 aliphatic rings. The fourth-order valence-corrected chi connectivity index (χ4v) is 2.32. The number of thiazole rings is 1. The van der Waals surface area contributed by atoms with E-state index in [0.29, 0.717) is 30.1 Å². The number of aromatic nitrogens is 1. The van der Waals surface area contributed by atoms with E-state index in [9.17, 15) is 18.0 Å². The fourth-order valence-electron chi connectivity index (χ4n) is 1.64. The van der Waals surface area contributed by atoms with Crippen molar-refractivity contribution in [3.8, 4) is 0 Å². The number of rotatable bonds is 5. The van der Waals surface area contributed by atoms with Crippen molar-refractivity contribution in [3.05, 3.63) is 46.5 Å². The van der Waals surface area contributed by atoms with Gasteiger partial charge in [-0.25, -0.2) is 9.78 Å². The first kappa shape index (κ1) is 16.3.